The van der Waals surface area contributed by atoms with Gasteiger partial charge in [-0.05, 0) is 18.1 Å². The SMILES string of the molecule is CCCCCCCCCC1COC(c2ccc(C3C=CC=C(F)C3(F)B(O)O)cc2)OC1. The van der Waals surface area contributed by atoms with E-state index in [1.165, 1.54) is 57.1 Å². The summed E-state index contributed by atoms with van der Waals surface area (Å²) in [5.74, 6) is -1.93. The Balaban J connectivity index is 1.47. The Hall–Kier alpha value is -1.54. The van der Waals surface area contributed by atoms with E-state index >= 15 is 4.39 Å². The van der Waals surface area contributed by atoms with Gasteiger partial charge in [-0.3, -0.25) is 0 Å². The molecule has 0 spiro atoms. The number of ether oxygens (including phenoxy) is 2. The minimum Gasteiger partial charge on any atom is -0.425 e. The van der Waals surface area contributed by atoms with Crippen LogP contribution in [0, 0.1) is 5.92 Å². The van der Waals surface area contributed by atoms with Crippen molar-refractivity contribution in [3.63, 3.8) is 0 Å². The van der Waals surface area contributed by atoms with Crippen LogP contribution in [-0.4, -0.2) is 35.9 Å². The van der Waals surface area contributed by atoms with Crippen LogP contribution < -0.4 is 0 Å². The standard InChI is InChI=1S/C25H35BF2O4/c1-2-3-4-5-6-7-8-10-19-17-31-24(32-18-19)21-15-13-20(14-16-21)22-11-9-12-23(27)25(22,28)26(29)30/h9,11-16,19,22,24,29-30H,2-8,10,17-18H2,1H3. The quantitative estimate of drug-likeness (QED) is 0.336. The van der Waals surface area contributed by atoms with Crippen LogP contribution in [0.25, 0.3) is 0 Å². The normalized spacial score (nSPS) is 27.9. The third kappa shape index (κ3) is 6.07. The lowest BCUT2D eigenvalue weighted by molar-refractivity contribution is -0.206. The zero-order chi connectivity index (χ0) is 23.0. The molecule has 0 amide bonds. The topological polar surface area (TPSA) is 58.9 Å². The molecule has 1 heterocycles. The van der Waals surface area contributed by atoms with Gasteiger partial charge in [0, 0.05) is 17.4 Å². The Kier molecular flexibility index (Phi) is 9.47. The fourth-order valence-electron chi connectivity index (χ4n) is 4.46. The summed E-state index contributed by atoms with van der Waals surface area (Å²) in [5, 5.41) is 18.9. The number of allylic oxidation sites excluding steroid dienone is 4. The summed E-state index contributed by atoms with van der Waals surface area (Å²) in [7, 11) is -2.47. The molecule has 32 heavy (non-hydrogen) atoms. The number of unbranched alkanes of at least 4 members (excludes halogenated alkanes) is 6. The van der Waals surface area contributed by atoms with Crippen LogP contribution in [-0.2, 0) is 9.47 Å². The van der Waals surface area contributed by atoms with E-state index in [0.29, 0.717) is 24.7 Å². The van der Waals surface area contributed by atoms with Gasteiger partial charge in [0.1, 0.15) is 5.83 Å². The lowest BCUT2D eigenvalue weighted by Crippen LogP contribution is -2.48. The highest BCUT2D eigenvalue weighted by atomic mass is 19.2. The second-order valence-electron chi connectivity index (χ2n) is 8.96. The molecule has 0 aromatic heterocycles. The van der Waals surface area contributed by atoms with Crippen LogP contribution in [0.4, 0.5) is 8.78 Å². The van der Waals surface area contributed by atoms with Gasteiger partial charge in [0.15, 0.2) is 6.29 Å². The fourth-order valence-corrected chi connectivity index (χ4v) is 4.46. The summed E-state index contributed by atoms with van der Waals surface area (Å²) >= 11 is 0. The first-order chi connectivity index (χ1) is 15.5. The molecule has 0 saturated carbocycles. The number of halogens is 2. The van der Waals surface area contributed by atoms with Gasteiger partial charge in [-0.1, -0.05) is 88.3 Å². The van der Waals surface area contributed by atoms with E-state index in [-0.39, 0.29) is 0 Å². The molecule has 0 radical (unpaired) electrons. The van der Waals surface area contributed by atoms with Crippen LogP contribution >= 0.6 is 0 Å². The molecule has 2 N–H and O–H groups in total. The van der Waals surface area contributed by atoms with E-state index in [0.717, 1.165) is 18.1 Å². The van der Waals surface area contributed by atoms with Gasteiger partial charge in [0.05, 0.1) is 13.2 Å². The number of benzene rings is 1. The summed E-state index contributed by atoms with van der Waals surface area (Å²) < 4.78 is 41.0. The summed E-state index contributed by atoms with van der Waals surface area (Å²) in [4.78, 5) is 0. The maximum atomic E-state index is 15.1. The Morgan fingerprint density at radius 1 is 0.969 bits per heavy atom. The van der Waals surface area contributed by atoms with Crippen LogP contribution in [0.3, 0.4) is 0 Å². The first-order valence-electron chi connectivity index (χ1n) is 11.9. The maximum Gasteiger partial charge on any atom is 0.500 e. The van der Waals surface area contributed by atoms with Crippen molar-refractivity contribution in [3.05, 3.63) is 59.4 Å². The van der Waals surface area contributed by atoms with Crippen molar-refractivity contribution in [3.8, 4) is 0 Å². The van der Waals surface area contributed by atoms with Crippen LogP contribution in [0.5, 0.6) is 0 Å². The number of hydrogen-bond donors (Lipinski definition) is 2. The molecule has 1 aromatic rings. The molecule has 1 fully saturated rings. The van der Waals surface area contributed by atoms with Crippen LogP contribution in [0.2, 0.25) is 0 Å². The Labute approximate surface area is 190 Å². The van der Waals surface area contributed by atoms with Crippen molar-refractivity contribution in [2.75, 3.05) is 13.2 Å². The highest BCUT2D eigenvalue weighted by molar-refractivity contribution is 6.46. The van der Waals surface area contributed by atoms with Crippen molar-refractivity contribution in [1.29, 1.82) is 0 Å². The first-order valence-corrected chi connectivity index (χ1v) is 11.9. The van der Waals surface area contributed by atoms with Crippen LogP contribution in [0.1, 0.15) is 81.6 Å². The number of alkyl halides is 1. The molecule has 176 valence electrons. The van der Waals surface area contributed by atoms with Crippen molar-refractivity contribution >= 4 is 7.12 Å². The molecule has 2 atom stereocenters. The fraction of sp³-hybridized carbons (Fsp3) is 0.600. The zero-order valence-corrected chi connectivity index (χ0v) is 18.9. The molecule has 2 aliphatic rings. The lowest BCUT2D eigenvalue weighted by atomic mass is 9.59. The molecule has 0 bridgehead atoms. The minimum atomic E-state index is -2.91. The molecule has 1 aromatic carbocycles. The molecule has 1 aliphatic carbocycles. The van der Waals surface area contributed by atoms with Gasteiger partial charge < -0.3 is 19.5 Å². The second-order valence-corrected chi connectivity index (χ2v) is 8.96. The van der Waals surface area contributed by atoms with E-state index in [9.17, 15) is 14.4 Å². The molecule has 4 nitrogen and oxygen atoms in total. The largest absolute Gasteiger partial charge is 0.500 e. The predicted octanol–water partition coefficient (Wildman–Crippen LogP) is 5.72. The van der Waals surface area contributed by atoms with Crippen LogP contribution in [0.15, 0.2) is 48.3 Å². The average molecular weight is 448 g/mol. The van der Waals surface area contributed by atoms with Crippen molar-refractivity contribution in [1.82, 2.24) is 0 Å². The molecular weight excluding hydrogens is 413 g/mol. The van der Waals surface area contributed by atoms with Crippen molar-refractivity contribution < 1.29 is 28.3 Å². The number of rotatable bonds is 11. The minimum absolute atomic E-state index is 0.404. The van der Waals surface area contributed by atoms with Gasteiger partial charge >= 0.3 is 7.12 Å². The van der Waals surface area contributed by atoms with E-state index < -0.39 is 30.7 Å². The van der Waals surface area contributed by atoms with Gasteiger partial charge in [-0.2, -0.15) is 0 Å². The molecular formula is C25H35BF2O4. The number of hydrogen-bond acceptors (Lipinski definition) is 4. The highest BCUT2D eigenvalue weighted by Gasteiger charge is 2.54. The molecule has 3 rings (SSSR count). The summed E-state index contributed by atoms with van der Waals surface area (Å²) in [6.45, 7) is 3.52. The van der Waals surface area contributed by atoms with E-state index in [2.05, 4.69) is 6.92 Å². The smallest absolute Gasteiger partial charge is 0.425 e. The Bertz CT molecular complexity index is 760. The van der Waals surface area contributed by atoms with Gasteiger partial charge in [0.2, 0.25) is 5.57 Å². The van der Waals surface area contributed by atoms with E-state index in [1.807, 2.05) is 0 Å². The summed E-state index contributed by atoms with van der Waals surface area (Å²) in [6.07, 6.45) is 13.4. The maximum absolute atomic E-state index is 15.1. The van der Waals surface area contributed by atoms with Crippen molar-refractivity contribution in [2.45, 2.75) is 76.1 Å². The van der Waals surface area contributed by atoms with Gasteiger partial charge in [-0.25, -0.2) is 8.78 Å². The monoisotopic (exact) mass is 448 g/mol. The third-order valence-electron chi connectivity index (χ3n) is 6.49. The van der Waals surface area contributed by atoms with Crippen molar-refractivity contribution in [2.24, 2.45) is 5.92 Å². The van der Waals surface area contributed by atoms with Gasteiger partial charge in [-0.15, -0.1) is 0 Å². The molecule has 7 heteroatoms. The molecule has 2 unspecified atom stereocenters. The second kappa shape index (κ2) is 12.1. The Morgan fingerprint density at radius 3 is 2.19 bits per heavy atom. The first kappa shape index (κ1) is 25.1. The summed E-state index contributed by atoms with van der Waals surface area (Å²) in [5.41, 5.74) is -1.67. The predicted molar refractivity (Wildman–Crippen MR) is 122 cm³/mol. The lowest BCUT2D eigenvalue weighted by Gasteiger charge is -2.33. The summed E-state index contributed by atoms with van der Waals surface area (Å²) in [6, 6.07) is 6.81. The average Bonchev–Trinajstić information content (AvgIpc) is 2.81. The highest BCUT2D eigenvalue weighted by Crippen LogP contribution is 2.43. The van der Waals surface area contributed by atoms with E-state index in [4.69, 9.17) is 9.47 Å². The third-order valence-corrected chi connectivity index (χ3v) is 6.49. The van der Waals surface area contributed by atoms with Gasteiger partial charge in [0.25, 0.3) is 0 Å². The molecule has 1 aliphatic heterocycles. The Morgan fingerprint density at radius 2 is 1.56 bits per heavy atom. The van der Waals surface area contributed by atoms with E-state index in [1.54, 1.807) is 24.3 Å². The zero-order valence-electron chi connectivity index (χ0n) is 18.9. The molecule has 1 saturated heterocycles.